The summed E-state index contributed by atoms with van der Waals surface area (Å²) < 4.78 is 12.9. The maximum atomic E-state index is 11.0. The Morgan fingerprint density at radius 2 is 2.30 bits per heavy atom. The van der Waals surface area contributed by atoms with Crippen LogP contribution in [-0.4, -0.2) is 34.7 Å². The SMILES string of the molecule is CCn1ncc(OC)c1C(O)C1(OC)CCCC(C)C1. The molecule has 0 saturated heterocycles. The van der Waals surface area contributed by atoms with Crippen molar-refractivity contribution < 1.29 is 14.6 Å². The first-order valence-corrected chi connectivity index (χ1v) is 7.41. The lowest BCUT2D eigenvalue weighted by molar-refractivity contribution is -0.137. The highest BCUT2D eigenvalue weighted by molar-refractivity contribution is 5.29. The minimum atomic E-state index is -0.715. The third-order valence-electron chi connectivity index (χ3n) is 4.52. The number of ether oxygens (including phenoxy) is 2. The summed E-state index contributed by atoms with van der Waals surface area (Å²) >= 11 is 0. The zero-order chi connectivity index (χ0) is 14.8. The van der Waals surface area contributed by atoms with E-state index in [1.165, 1.54) is 6.42 Å². The molecule has 0 spiro atoms. The number of hydrogen-bond acceptors (Lipinski definition) is 4. The fraction of sp³-hybridized carbons (Fsp3) is 0.800. The van der Waals surface area contributed by atoms with E-state index < -0.39 is 11.7 Å². The lowest BCUT2D eigenvalue weighted by atomic mass is 9.74. The quantitative estimate of drug-likeness (QED) is 0.901. The third kappa shape index (κ3) is 2.56. The number of aryl methyl sites for hydroxylation is 1. The Kier molecular flexibility index (Phi) is 4.70. The lowest BCUT2D eigenvalue weighted by Gasteiger charge is -2.42. The van der Waals surface area contributed by atoms with Crippen molar-refractivity contribution in [2.45, 2.75) is 57.8 Å². The molecule has 0 aliphatic heterocycles. The van der Waals surface area contributed by atoms with Gasteiger partial charge in [-0.1, -0.05) is 19.8 Å². The molecule has 1 aromatic rings. The predicted octanol–water partition coefficient (Wildman–Crippen LogP) is 2.54. The number of rotatable bonds is 5. The highest BCUT2D eigenvalue weighted by Crippen LogP contribution is 2.45. The summed E-state index contributed by atoms with van der Waals surface area (Å²) in [5, 5.41) is 15.2. The van der Waals surface area contributed by atoms with Gasteiger partial charge in [0.2, 0.25) is 0 Å². The Balaban J connectivity index is 2.37. The minimum absolute atomic E-state index is 0.530. The van der Waals surface area contributed by atoms with Gasteiger partial charge in [0.1, 0.15) is 11.8 Å². The molecule has 1 N–H and O–H groups in total. The van der Waals surface area contributed by atoms with Crippen LogP contribution in [0.5, 0.6) is 5.75 Å². The van der Waals surface area contributed by atoms with Gasteiger partial charge in [-0.15, -0.1) is 0 Å². The molecule has 3 atom stereocenters. The van der Waals surface area contributed by atoms with E-state index in [1.807, 2.05) is 6.92 Å². The Morgan fingerprint density at radius 1 is 1.55 bits per heavy atom. The molecule has 0 radical (unpaired) electrons. The van der Waals surface area contributed by atoms with Crippen LogP contribution in [-0.2, 0) is 11.3 Å². The number of methoxy groups -OCH3 is 2. The van der Waals surface area contributed by atoms with Crippen molar-refractivity contribution in [2.75, 3.05) is 14.2 Å². The maximum Gasteiger partial charge on any atom is 0.162 e. The molecule has 1 aliphatic carbocycles. The van der Waals surface area contributed by atoms with Gasteiger partial charge in [-0.2, -0.15) is 5.10 Å². The summed E-state index contributed by atoms with van der Waals surface area (Å²) in [6, 6.07) is 0. The molecule has 1 fully saturated rings. The first kappa shape index (κ1) is 15.3. The van der Waals surface area contributed by atoms with Crippen LogP contribution in [0.2, 0.25) is 0 Å². The molecule has 114 valence electrons. The van der Waals surface area contributed by atoms with Gasteiger partial charge in [0, 0.05) is 13.7 Å². The minimum Gasteiger partial charge on any atom is -0.493 e. The number of aromatic nitrogens is 2. The monoisotopic (exact) mass is 282 g/mol. The fourth-order valence-corrected chi connectivity index (χ4v) is 3.40. The van der Waals surface area contributed by atoms with E-state index in [0.717, 1.165) is 25.0 Å². The molecular formula is C15H26N2O3. The van der Waals surface area contributed by atoms with E-state index in [4.69, 9.17) is 9.47 Å². The highest BCUT2D eigenvalue weighted by atomic mass is 16.5. The maximum absolute atomic E-state index is 11.0. The Labute approximate surface area is 120 Å². The predicted molar refractivity (Wildman–Crippen MR) is 76.8 cm³/mol. The summed E-state index contributed by atoms with van der Waals surface area (Å²) in [4.78, 5) is 0. The van der Waals surface area contributed by atoms with E-state index in [-0.39, 0.29) is 0 Å². The van der Waals surface area contributed by atoms with Crippen LogP contribution in [0.25, 0.3) is 0 Å². The Morgan fingerprint density at radius 3 is 2.85 bits per heavy atom. The average Bonchev–Trinajstić information content (AvgIpc) is 2.89. The summed E-state index contributed by atoms with van der Waals surface area (Å²) in [5.41, 5.74) is 0.198. The summed E-state index contributed by atoms with van der Waals surface area (Å²) in [6.07, 6.45) is 4.96. The van der Waals surface area contributed by atoms with Gasteiger partial charge in [0.05, 0.1) is 18.9 Å². The molecule has 1 aromatic heterocycles. The van der Waals surface area contributed by atoms with Gasteiger partial charge >= 0.3 is 0 Å². The van der Waals surface area contributed by atoms with Crippen LogP contribution in [0.4, 0.5) is 0 Å². The van der Waals surface area contributed by atoms with Crippen LogP contribution in [0.3, 0.4) is 0 Å². The number of aliphatic hydroxyl groups excluding tert-OH is 1. The number of aliphatic hydroxyl groups is 1. The largest absolute Gasteiger partial charge is 0.493 e. The molecule has 3 unspecified atom stereocenters. The van der Waals surface area contributed by atoms with Crippen LogP contribution in [0.1, 0.15) is 51.3 Å². The highest BCUT2D eigenvalue weighted by Gasteiger charge is 2.44. The topological polar surface area (TPSA) is 56.5 Å². The smallest absolute Gasteiger partial charge is 0.162 e. The molecule has 0 aromatic carbocycles. The lowest BCUT2D eigenvalue weighted by Crippen LogP contribution is -2.43. The van der Waals surface area contributed by atoms with Gasteiger partial charge in [-0.25, -0.2) is 0 Å². The fourth-order valence-electron chi connectivity index (χ4n) is 3.40. The third-order valence-corrected chi connectivity index (χ3v) is 4.52. The first-order valence-electron chi connectivity index (χ1n) is 7.41. The van der Waals surface area contributed by atoms with Crippen LogP contribution in [0, 0.1) is 5.92 Å². The summed E-state index contributed by atoms with van der Waals surface area (Å²) in [5.74, 6) is 1.19. The van der Waals surface area contributed by atoms with E-state index in [1.54, 1.807) is 25.1 Å². The average molecular weight is 282 g/mol. The molecule has 1 aliphatic rings. The van der Waals surface area contributed by atoms with Crippen LogP contribution >= 0.6 is 0 Å². The summed E-state index contributed by atoms with van der Waals surface area (Å²) in [7, 11) is 3.30. The standard InChI is InChI=1S/C15H26N2O3/c1-5-17-13(12(19-3)10-16-17)14(18)15(20-4)8-6-7-11(2)9-15/h10-11,14,18H,5-9H2,1-4H3. The number of nitrogens with zero attached hydrogens (tertiary/aromatic N) is 2. The van der Waals surface area contributed by atoms with Gasteiger partial charge in [0.15, 0.2) is 5.75 Å². The molecule has 0 bridgehead atoms. The van der Waals surface area contributed by atoms with E-state index in [2.05, 4.69) is 12.0 Å². The molecule has 20 heavy (non-hydrogen) atoms. The zero-order valence-electron chi connectivity index (χ0n) is 12.9. The van der Waals surface area contributed by atoms with Crippen molar-refractivity contribution in [3.8, 4) is 5.75 Å². The van der Waals surface area contributed by atoms with Crippen LogP contribution in [0.15, 0.2) is 6.20 Å². The molecular weight excluding hydrogens is 256 g/mol. The van der Waals surface area contributed by atoms with Crippen molar-refractivity contribution >= 4 is 0 Å². The van der Waals surface area contributed by atoms with Crippen molar-refractivity contribution in [1.82, 2.24) is 9.78 Å². The Bertz CT molecular complexity index is 425. The van der Waals surface area contributed by atoms with Crippen molar-refractivity contribution in [3.63, 3.8) is 0 Å². The van der Waals surface area contributed by atoms with E-state index in [0.29, 0.717) is 18.2 Å². The zero-order valence-corrected chi connectivity index (χ0v) is 12.9. The van der Waals surface area contributed by atoms with Gasteiger partial charge in [-0.05, 0) is 25.7 Å². The Hall–Kier alpha value is -1.07. The van der Waals surface area contributed by atoms with Gasteiger partial charge < -0.3 is 14.6 Å². The number of hydrogen-bond donors (Lipinski definition) is 1. The molecule has 2 rings (SSSR count). The second-order valence-electron chi connectivity index (χ2n) is 5.79. The molecule has 1 heterocycles. The van der Waals surface area contributed by atoms with Gasteiger partial charge in [-0.3, -0.25) is 4.68 Å². The second-order valence-corrected chi connectivity index (χ2v) is 5.79. The second kappa shape index (κ2) is 6.14. The van der Waals surface area contributed by atoms with Crippen molar-refractivity contribution in [2.24, 2.45) is 5.92 Å². The first-order chi connectivity index (χ1) is 9.57. The van der Waals surface area contributed by atoms with Crippen LogP contribution < -0.4 is 4.74 Å². The molecule has 5 nitrogen and oxygen atoms in total. The molecule has 1 saturated carbocycles. The van der Waals surface area contributed by atoms with E-state index >= 15 is 0 Å². The molecule has 5 heteroatoms. The molecule has 0 amide bonds. The van der Waals surface area contributed by atoms with Crippen molar-refractivity contribution in [1.29, 1.82) is 0 Å². The van der Waals surface area contributed by atoms with Crippen molar-refractivity contribution in [3.05, 3.63) is 11.9 Å². The van der Waals surface area contributed by atoms with E-state index in [9.17, 15) is 5.11 Å². The normalized spacial score (nSPS) is 28.4. The summed E-state index contributed by atoms with van der Waals surface area (Å²) in [6.45, 7) is 4.92. The van der Waals surface area contributed by atoms with Gasteiger partial charge in [0.25, 0.3) is 0 Å².